The molecule has 2 aliphatic rings. The highest BCUT2D eigenvalue weighted by molar-refractivity contribution is 5.96. The van der Waals surface area contributed by atoms with Gasteiger partial charge in [-0.3, -0.25) is 9.48 Å². The molecule has 2 fully saturated rings. The molecule has 0 saturated heterocycles. The van der Waals surface area contributed by atoms with E-state index in [0.717, 1.165) is 56.0 Å². The fourth-order valence-electron chi connectivity index (χ4n) is 4.21. The molecule has 1 heterocycles. The minimum Gasteiger partial charge on any atom is -0.330 e. The van der Waals surface area contributed by atoms with Crippen molar-refractivity contribution in [3.8, 4) is 0 Å². The first-order valence-corrected chi connectivity index (χ1v) is 9.84. The Hall–Kier alpha value is -2.31. The number of hydrogen-bond donors (Lipinski definition) is 0. The van der Waals surface area contributed by atoms with Gasteiger partial charge in [0, 0.05) is 24.7 Å². The highest BCUT2D eigenvalue weighted by Crippen LogP contribution is 2.40. The number of hydrogen-bond acceptors (Lipinski definition) is 2. The summed E-state index contributed by atoms with van der Waals surface area (Å²) in [5.41, 5.74) is 0.738. The molecule has 0 aliphatic heterocycles. The Morgan fingerprint density at radius 3 is 2.50 bits per heavy atom. The number of aryl methyl sites for hydroxylation is 1. The van der Waals surface area contributed by atoms with E-state index in [4.69, 9.17) is 0 Å². The summed E-state index contributed by atoms with van der Waals surface area (Å²) in [5.74, 6) is -0.0358. The van der Waals surface area contributed by atoms with Gasteiger partial charge < -0.3 is 4.90 Å². The number of amides is 1. The van der Waals surface area contributed by atoms with Gasteiger partial charge in [-0.2, -0.15) is 18.3 Å². The molecule has 2 saturated carbocycles. The second kappa shape index (κ2) is 7.26. The van der Waals surface area contributed by atoms with E-state index in [1.165, 1.54) is 18.2 Å². The van der Waals surface area contributed by atoms with Crippen LogP contribution in [0, 0.1) is 0 Å². The fraction of sp³-hybridized carbons (Fsp3) is 0.524. The van der Waals surface area contributed by atoms with Crippen molar-refractivity contribution in [3.05, 3.63) is 52.8 Å². The molecular weight excluding hydrogens is 367 g/mol. The molecule has 150 valence electrons. The highest BCUT2D eigenvalue weighted by Gasteiger charge is 2.38. The van der Waals surface area contributed by atoms with Gasteiger partial charge in [0.2, 0.25) is 0 Å². The molecule has 0 radical (unpaired) electrons. The number of rotatable bonds is 5. The number of carbonyl (C=O) groups excluding carboxylic acids is 1. The largest absolute Gasteiger partial charge is 0.417 e. The Labute approximate surface area is 162 Å². The van der Waals surface area contributed by atoms with Crippen LogP contribution in [0.5, 0.6) is 0 Å². The van der Waals surface area contributed by atoms with Crippen molar-refractivity contribution in [2.45, 2.75) is 63.2 Å². The predicted molar refractivity (Wildman–Crippen MR) is 98.8 cm³/mol. The van der Waals surface area contributed by atoms with Gasteiger partial charge in [-0.05, 0) is 43.9 Å². The third-order valence-electron chi connectivity index (χ3n) is 5.78. The summed E-state index contributed by atoms with van der Waals surface area (Å²) >= 11 is 0. The van der Waals surface area contributed by atoms with Crippen LogP contribution < -0.4 is 0 Å². The minimum atomic E-state index is -4.56. The van der Waals surface area contributed by atoms with Crippen molar-refractivity contribution in [2.24, 2.45) is 7.05 Å². The molecule has 28 heavy (non-hydrogen) atoms. The normalized spacial score (nSPS) is 17.9. The molecule has 4 rings (SSSR count). The fourth-order valence-corrected chi connectivity index (χ4v) is 4.21. The van der Waals surface area contributed by atoms with Crippen LogP contribution >= 0.6 is 0 Å². The van der Waals surface area contributed by atoms with Gasteiger partial charge in [-0.1, -0.05) is 25.0 Å². The van der Waals surface area contributed by atoms with E-state index in [2.05, 4.69) is 5.10 Å². The summed E-state index contributed by atoms with van der Waals surface area (Å²) in [6.07, 6.45) is 1.35. The molecule has 1 aromatic carbocycles. The molecule has 7 heteroatoms. The average Bonchev–Trinajstić information content (AvgIpc) is 3.21. The summed E-state index contributed by atoms with van der Waals surface area (Å²) in [7, 11) is 1.89. The third-order valence-corrected chi connectivity index (χ3v) is 5.78. The van der Waals surface area contributed by atoms with Crippen LogP contribution in [0.3, 0.4) is 0 Å². The maximum Gasteiger partial charge on any atom is 0.417 e. The molecule has 0 N–H and O–H groups in total. The van der Waals surface area contributed by atoms with Crippen LogP contribution in [0.15, 0.2) is 30.3 Å². The first kappa shape index (κ1) is 19.0. The van der Waals surface area contributed by atoms with E-state index in [0.29, 0.717) is 5.92 Å². The summed E-state index contributed by atoms with van der Waals surface area (Å²) in [6.45, 7) is 0.246. The first-order valence-electron chi connectivity index (χ1n) is 9.84. The van der Waals surface area contributed by atoms with Gasteiger partial charge in [0.15, 0.2) is 0 Å². The highest BCUT2D eigenvalue weighted by atomic mass is 19.4. The van der Waals surface area contributed by atoms with Gasteiger partial charge in [0.25, 0.3) is 5.91 Å². The quantitative estimate of drug-likeness (QED) is 0.727. The van der Waals surface area contributed by atoms with E-state index < -0.39 is 17.6 Å². The SMILES string of the molecule is Cn1nc(CN(C(=O)c2ccccc2C(F)(F)F)C2CCCC2)cc1C1CC1. The maximum absolute atomic E-state index is 13.4. The van der Waals surface area contributed by atoms with Gasteiger partial charge in [0.1, 0.15) is 0 Å². The topological polar surface area (TPSA) is 38.1 Å². The lowest BCUT2D eigenvalue weighted by atomic mass is 10.0. The van der Waals surface area contributed by atoms with Crippen molar-refractivity contribution in [2.75, 3.05) is 0 Å². The van der Waals surface area contributed by atoms with Crippen LogP contribution in [0.25, 0.3) is 0 Å². The minimum absolute atomic E-state index is 0.0415. The number of nitrogens with zero attached hydrogens (tertiary/aromatic N) is 3. The Kier molecular flexibility index (Phi) is 4.93. The van der Waals surface area contributed by atoms with Crippen LogP contribution in [0.4, 0.5) is 13.2 Å². The molecule has 2 aliphatic carbocycles. The van der Waals surface area contributed by atoms with Crippen molar-refractivity contribution >= 4 is 5.91 Å². The maximum atomic E-state index is 13.4. The second-order valence-corrected chi connectivity index (χ2v) is 7.87. The Morgan fingerprint density at radius 1 is 1.18 bits per heavy atom. The van der Waals surface area contributed by atoms with Gasteiger partial charge in [0.05, 0.1) is 23.4 Å². The zero-order chi connectivity index (χ0) is 19.9. The number of benzene rings is 1. The number of halogens is 3. The number of alkyl halides is 3. The lowest BCUT2D eigenvalue weighted by Gasteiger charge is -2.29. The molecule has 4 nitrogen and oxygen atoms in total. The second-order valence-electron chi connectivity index (χ2n) is 7.87. The van der Waals surface area contributed by atoms with E-state index in [-0.39, 0.29) is 18.2 Å². The van der Waals surface area contributed by atoms with E-state index in [1.807, 2.05) is 17.8 Å². The molecular formula is C21H24F3N3O. The molecule has 1 amide bonds. The summed E-state index contributed by atoms with van der Waals surface area (Å²) in [5, 5.41) is 4.53. The summed E-state index contributed by atoms with van der Waals surface area (Å²) in [6, 6.07) is 7.03. The van der Waals surface area contributed by atoms with Crippen LogP contribution in [0.2, 0.25) is 0 Å². The Bertz CT molecular complexity index is 864. The van der Waals surface area contributed by atoms with Crippen LogP contribution in [-0.2, 0) is 19.8 Å². The average molecular weight is 391 g/mol. The standard InChI is InChI=1S/C21H24F3N3O/c1-26-19(14-10-11-14)12-15(25-26)13-27(16-6-2-3-7-16)20(28)17-8-4-5-9-18(17)21(22,23)24/h4-5,8-9,12,14,16H,2-3,6-7,10-11,13H2,1H3. The Morgan fingerprint density at radius 2 is 1.86 bits per heavy atom. The van der Waals surface area contributed by atoms with Crippen LogP contribution in [-0.4, -0.2) is 26.6 Å². The van der Waals surface area contributed by atoms with Crippen molar-refractivity contribution in [1.82, 2.24) is 14.7 Å². The summed E-state index contributed by atoms with van der Waals surface area (Å²) < 4.78 is 42.2. The van der Waals surface area contributed by atoms with E-state index in [9.17, 15) is 18.0 Å². The predicted octanol–water partition coefficient (Wildman–Crippen LogP) is 4.90. The monoisotopic (exact) mass is 391 g/mol. The smallest absolute Gasteiger partial charge is 0.330 e. The Balaban J connectivity index is 1.65. The van der Waals surface area contributed by atoms with E-state index in [1.54, 1.807) is 4.90 Å². The first-order chi connectivity index (χ1) is 13.3. The zero-order valence-corrected chi connectivity index (χ0v) is 15.9. The lowest BCUT2D eigenvalue weighted by molar-refractivity contribution is -0.138. The number of carbonyl (C=O) groups is 1. The molecule has 0 spiro atoms. The van der Waals surface area contributed by atoms with Crippen molar-refractivity contribution in [3.63, 3.8) is 0 Å². The van der Waals surface area contributed by atoms with Gasteiger partial charge in [-0.25, -0.2) is 0 Å². The molecule has 0 unspecified atom stereocenters. The van der Waals surface area contributed by atoms with Crippen molar-refractivity contribution in [1.29, 1.82) is 0 Å². The zero-order valence-electron chi connectivity index (χ0n) is 15.9. The van der Waals surface area contributed by atoms with E-state index >= 15 is 0 Å². The summed E-state index contributed by atoms with van der Waals surface area (Å²) in [4.78, 5) is 14.8. The molecule has 0 bridgehead atoms. The van der Waals surface area contributed by atoms with Gasteiger partial charge in [-0.15, -0.1) is 0 Å². The van der Waals surface area contributed by atoms with Crippen molar-refractivity contribution < 1.29 is 18.0 Å². The van der Waals surface area contributed by atoms with Gasteiger partial charge >= 0.3 is 6.18 Å². The molecule has 1 aromatic heterocycles. The molecule has 2 aromatic rings. The molecule has 0 atom stereocenters. The lowest BCUT2D eigenvalue weighted by Crippen LogP contribution is -2.39. The number of aromatic nitrogens is 2. The third kappa shape index (κ3) is 3.80. The van der Waals surface area contributed by atoms with Crippen LogP contribution in [0.1, 0.15) is 71.8 Å².